The van der Waals surface area contributed by atoms with E-state index in [9.17, 15) is 5.11 Å². The molecular formula is C17H16BrN3O2. The summed E-state index contributed by atoms with van der Waals surface area (Å²) in [4.78, 5) is 4.37. The summed E-state index contributed by atoms with van der Waals surface area (Å²) in [6, 6.07) is 7.89. The number of hydrogen-bond acceptors (Lipinski definition) is 4. The Bertz CT molecular complexity index is 840. The number of aliphatic hydroxyl groups is 1. The van der Waals surface area contributed by atoms with Gasteiger partial charge in [0.1, 0.15) is 6.54 Å². The molecule has 6 heteroatoms. The number of nitrogens with zero attached hydrogens (tertiary/aromatic N) is 3. The number of aromatic nitrogens is 3. The molecule has 2 aromatic heterocycles. The summed E-state index contributed by atoms with van der Waals surface area (Å²) in [5.74, 6) is 1.34. The van der Waals surface area contributed by atoms with E-state index in [1.807, 2.05) is 35.1 Å². The molecule has 0 amide bonds. The summed E-state index contributed by atoms with van der Waals surface area (Å²) in [6.07, 6.45) is 5.68. The van der Waals surface area contributed by atoms with E-state index in [1.165, 1.54) is 5.56 Å². The maximum absolute atomic E-state index is 9.86. The minimum atomic E-state index is -0.279. The van der Waals surface area contributed by atoms with Gasteiger partial charge in [-0.1, -0.05) is 34.1 Å². The third-order valence-corrected chi connectivity index (χ3v) is 4.88. The van der Waals surface area contributed by atoms with Crippen molar-refractivity contribution in [3.05, 3.63) is 58.3 Å². The summed E-state index contributed by atoms with van der Waals surface area (Å²) < 4.78 is 8.73. The van der Waals surface area contributed by atoms with Gasteiger partial charge in [0.05, 0.1) is 18.5 Å². The van der Waals surface area contributed by atoms with Gasteiger partial charge in [-0.2, -0.15) is 5.10 Å². The average molecular weight is 374 g/mol. The Kier molecular flexibility index (Phi) is 3.79. The number of fused-ring (bicyclic) bond motifs is 1. The van der Waals surface area contributed by atoms with Crippen molar-refractivity contribution in [1.82, 2.24) is 14.8 Å². The van der Waals surface area contributed by atoms with Crippen LogP contribution in [0.25, 0.3) is 11.3 Å². The second kappa shape index (κ2) is 5.94. The lowest BCUT2D eigenvalue weighted by Crippen LogP contribution is -2.21. The van der Waals surface area contributed by atoms with Crippen molar-refractivity contribution in [2.45, 2.75) is 31.9 Å². The zero-order chi connectivity index (χ0) is 15.8. The molecule has 0 fully saturated rings. The largest absolute Gasteiger partial charge is 0.439 e. The Morgan fingerprint density at radius 3 is 3.04 bits per heavy atom. The Balaban J connectivity index is 1.59. The van der Waals surface area contributed by atoms with E-state index in [0.717, 1.165) is 34.3 Å². The van der Waals surface area contributed by atoms with Gasteiger partial charge in [0, 0.05) is 22.2 Å². The summed E-state index contributed by atoms with van der Waals surface area (Å²) in [7, 11) is 0. The minimum absolute atomic E-state index is 0.279. The van der Waals surface area contributed by atoms with E-state index in [4.69, 9.17) is 4.42 Å². The number of hydrogen-bond donors (Lipinski definition) is 1. The summed E-state index contributed by atoms with van der Waals surface area (Å²) in [6.45, 7) is 0.479. The Morgan fingerprint density at radius 2 is 2.17 bits per heavy atom. The quantitative estimate of drug-likeness (QED) is 0.765. The van der Waals surface area contributed by atoms with E-state index in [0.29, 0.717) is 18.9 Å². The SMILES string of the molecule is OC1CCc2cnn(Cc3ncc(-c4ccccc4Br)o3)c2C1. The van der Waals surface area contributed by atoms with Gasteiger partial charge in [0.2, 0.25) is 5.89 Å². The third-order valence-electron chi connectivity index (χ3n) is 4.19. The van der Waals surface area contributed by atoms with Gasteiger partial charge in [0.25, 0.3) is 0 Å². The van der Waals surface area contributed by atoms with Crippen LogP contribution in [0.4, 0.5) is 0 Å². The standard InChI is InChI=1S/C17H16BrN3O2/c18-14-4-2-1-3-13(14)16-9-19-17(23-16)10-21-15-7-12(22)6-5-11(15)8-20-21/h1-4,8-9,12,22H,5-7,10H2. The highest BCUT2D eigenvalue weighted by molar-refractivity contribution is 9.10. The molecule has 1 aliphatic rings. The molecule has 4 rings (SSSR count). The van der Waals surface area contributed by atoms with Crippen LogP contribution in [-0.2, 0) is 19.4 Å². The second-order valence-electron chi connectivity index (χ2n) is 5.77. The van der Waals surface area contributed by atoms with Crippen molar-refractivity contribution in [1.29, 1.82) is 0 Å². The van der Waals surface area contributed by atoms with Crippen LogP contribution in [0.5, 0.6) is 0 Å². The van der Waals surface area contributed by atoms with Gasteiger partial charge in [0.15, 0.2) is 5.76 Å². The van der Waals surface area contributed by atoms with Gasteiger partial charge in [-0.15, -0.1) is 0 Å². The Labute approximate surface area is 142 Å². The maximum atomic E-state index is 9.86. The van der Waals surface area contributed by atoms with E-state index < -0.39 is 0 Å². The molecule has 1 atom stereocenters. The molecule has 3 aromatic rings. The molecule has 0 aliphatic heterocycles. The topological polar surface area (TPSA) is 64.1 Å². The highest BCUT2D eigenvalue weighted by Crippen LogP contribution is 2.29. The van der Waals surface area contributed by atoms with Crippen LogP contribution in [0, 0.1) is 0 Å². The van der Waals surface area contributed by atoms with Crippen molar-refractivity contribution in [3.63, 3.8) is 0 Å². The van der Waals surface area contributed by atoms with Crippen LogP contribution >= 0.6 is 15.9 Å². The van der Waals surface area contributed by atoms with Crippen molar-refractivity contribution in [2.75, 3.05) is 0 Å². The van der Waals surface area contributed by atoms with Gasteiger partial charge >= 0.3 is 0 Å². The molecule has 2 heterocycles. The van der Waals surface area contributed by atoms with Gasteiger partial charge < -0.3 is 9.52 Å². The lowest BCUT2D eigenvalue weighted by atomic mass is 9.96. The van der Waals surface area contributed by atoms with Gasteiger partial charge in [-0.05, 0) is 24.5 Å². The maximum Gasteiger partial charge on any atom is 0.216 e. The second-order valence-corrected chi connectivity index (χ2v) is 6.62. The van der Waals surface area contributed by atoms with Crippen LogP contribution in [0.3, 0.4) is 0 Å². The highest BCUT2D eigenvalue weighted by Gasteiger charge is 2.21. The molecule has 0 spiro atoms. The molecule has 0 radical (unpaired) electrons. The van der Waals surface area contributed by atoms with E-state index in [-0.39, 0.29) is 6.10 Å². The molecule has 5 nitrogen and oxygen atoms in total. The molecular weight excluding hydrogens is 358 g/mol. The predicted molar refractivity (Wildman–Crippen MR) is 89.0 cm³/mol. The lowest BCUT2D eigenvalue weighted by Gasteiger charge is -2.18. The number of rotatable bonds is 3. The first-order valence-electron chi connectivity index (χ1n) is 7.62. The van der Waals surface area contributed by atoms with Crippen molar-refractivity contribution < 1.29 is 9.52 Å². The molecule has 0 bridgehead atoms. The summed E-state index contributed by atoms with van der Waals surface area (Å²) in [5.41, 5.74) is 3.28. The van der Waals surface area contributed by atoms with E-state index in [2.05, 4.69) is 26.0 Å². The molecule has 1 N–H and O–H groups in total. The van der Waals surface area contributed by atoms with Gasteiger partial charge in [-0.3, -0.25) is 4.68 Å². The molecule has 1 unspecified atom stereocenters. The Morgan fingerprint density at radius 1 is 1.30 bits per heavy atom. The smallest absolute Gasteiger partial charge is 0.216 e. The average Bonchev–Trinajstić information content (AvgIpc) is 3.16. The van der Waals surface area contributed by atoms with Gasteiger partial charge in [-0.25, -0.2) is 4.98 Å². The fourth-order valence-corrected chi connectivity index (χ4v) is 3.46. The first-order chi connectivity index (χ1) is 11.2. The predicted octanol–water partition coefficient (Wildman–Crippen LogP) is 3.20. The zero-order valence-electron chi connectivity index (χ0n) is 12.4. The van der Waals surface area contributed by atoms with Crippen LogP contribution in [-0.4, -0.2) is 26.0 Å². The molecule has 1 aromatic carbocycles. The fraction of sp³-hybridized carbons (Fsp3) is 0.294. The molecule has 23 heavy (non-hydrogen) atoms. The van der Waals surface area contributed by atoms with E-state index in [1.54, 1.807) is 6.20 Å². The molecule has 0 saturated carbocycles. The van der Waals surface area contributed by atoms with Crippen LogP contribution in [0.15, 0.2) is 45.5 Å². The number of oxazole rings is 1. The van der Waals surface area contributed by atoms with Crippen LogP contribution in [0.2, 0.25) is 0 Å². The zero-order valence-corrected chi connectivity index (χ0v) is 14.0. The minimum Gasteiger partial charge on any atom is -0.439 e. The van der Waals surface area contributed by atoms with E-state index >= 15 is 0 Å². The number of aryl methyl sites for hydroxylation is 1. The van der Waals surface area contributed by atoms with Crippen molar-refractivity contribution >= 4 is 15.9 Å². The molecule has 1 aliphatic carbocycles. The van der Waals surface area contributed by atoms with Crippen LogP contribution in [0.1, 0.15) is 23.6 Å². The summed E-state index contributed by atoms with van der Waals surface area (Å²) >= 11 is 3.53. The number of aliphatic hydroxyl groups excluding tert-OH is 1. The van der Waals surface area contributed by atoms with Crippen molar-refractivity contribution in [2.24, 2.45) is 0 Å². The number of benzene rings is 1. The molecule has 118 valence electrons. The monoisotopic (exact) mass is 373 g/mol. The Hall–Kier alpha value is -1.92. The first-order valence-corrected chi connectivity index (χ1v) is 8.41. The summed E-state index contributed by atoms with van der Waals surface area (Å²) in [5, 5.41) is 14.3. The lowest BCUT2D eigenvalue weighted by molar-refractivity contribution is 0.155. The number of halogens is 1. The normalized spacial score (nSPS) is 17.2. The third kappa shape index (κ3) is 2.84. The van der Waals surface area contributed by atoms with Crippen LogP contribution < -0.4 is 0 Å². The highest BCUT2D eigenvalue weighted by atomic mass is 79.9. The van der Waals surface area contributed by atoms with Crippen molar-refractivity contribution in [3.8, 4) is 11.3 Å². The first kappa shape index (κ1) is 14.7. The fourth-order valence-electron chi connectivity index (χ4n) is 2.98. The molecule has 0 saturated heterocycles.